The lowest BCUT2D eigenvalue weighted by molar-refractivity contribution is -0.121. The van der Waals surface area contributed by atoms with Gasteiger partial charge in [0.1, 0.15) is 0 Å². The molecule has 0 aromatic rings. The molecule has 2 rings (SSSR count). The van der Waals surface area contributed by atoms with E-state index in [0.29, 0.717) is 12.5 Å². The number of amides is 1. The molecule has 1 aliphatic heterocycles. The van der Waals surface area contributed by atoms with Crippen LogP contribution in [0.15, 0.2) is 0 Å². The number of likely N-dealkylation sites (tertiary alicyclic amines) is 1. The van der Waals surface area contributed by atoms with Gasteiger partial charge in [0.15, 0.2) is 0 Å². The van der Waals surface area contributed by atoms with E-state index >= 15 is 0 Å². The number of β-amino-alcohol motifs (C(OH)–C–C–N with tert-alkyl or cyclic N) is 1. The van der Waals surface area contributed by atoms with E-state index in [0.717, 1.165) is 38.9 Å². The minimum atomic E-state index is -0.179. The molecule has 1 heterocycles. The van der Waals surface area contributed by atoms with Crippen molar-refractivity contribution in [1.82, 2.24) is 10.2 Å². The molecule has 1 saturated carbocycles. The summed E-state index contributed by atoms with van der Waals surface area (Å²) in [6, 6.07) is 0.465. The van der Waals surface area contributed by atoms with Crippen LogP contribution in [-0.4, -0.2) is 47.7 Å². The Hall–Kier alpha value is -0.610. The Morgan fingerprint density at radius 1 is 1.43 bits per heavy atom. The topological polar surface area (TPSA) is 52.6 Å². The zero-order valence-corrected chi connectivity index (χ0v) is 8.41. The summed E-state index contributed by atoms with van der Waals surface area (Å²) >= 11 is 0. The maximum atomic E-state index is 11.3. The fraction of sp³-hybridized carbons (Fsp3) is 0.900. The van der Waals surface area contributed by atoms with E-state index in [-0.39, 0.29) is 12.0 Å². The molecule has 0 bridgehead atoms. The number of hydrogen-bond acceptors (Lipinski definition) is 3. The van der Waals surface area contributed by atoms with Crippen LogP contribution in [0.3, 0.4) is 0 Å². The Labute approximate surface area is 84.3 Å². The number of hydrogen-bond donors (Lipinski definition) is 2. The largest absolute Gasteiger partial charge is 0.392 e. The van der Waals surface area contributed by atoms with Crippen molar-refractivity contribution in [2.24, 2.45) is 0 Å². The van der Waals surface area contributed by atoms with Gasteiger partial charge in [-0.05, 0) is 19.3 Å². The van der Waals surface area contributed by atoms with E-state index in [1.165, 1.54) is 0 Å². The maximum Gasteiger partial charge on any atom is 0.221 e. The first-order valence-corrected chi connectivity index (χ1v) is 5.44. The van der Waals surface area contributed by atoms with Gasteiger partial charge in [-0.1, -0.05) is 0 Å². The highest BCUT2D eigenvalue weighted by Gasteiger charge is 2.24. The quantitative estimate of drug-likeness (QED) is 0.653. The van der Waals surface area contributed by atoms with Crippen LogP contribution < -0.4 is 5.32 Å². The van der Waals surface area contributed by atoms with Gasteiger partial charge in [-0.2, -0.15) is 0 Å². The molecule has 80 valence electrons. The standard InChI is InChI=1S/C10H18N2O2/c13-9-3-5-12(7-9)6-4-10(14)11-8-1-2-8/h8-9,13H,1-7H2,(H,11,14)/t9-/m0/s1. The maximum absolute atomic E-state index is 11.3. The molecule has 1 atom stereocenters. The van der Waals surface area contributed by atoms with Gasteiger partial charge in [-0.25, -0.2) is 0 Å². The van der Waals surface area contributed by atoms with Crippen molar-refractivity contribution in [3.8, 4) is 0 Å². The predicted octanol–water partition coefficient (Wildman–Crippen LogP) is -0.278. The Balaban J connectivity index is 1.59. The second-order valence-corrected chi connectivity index (χ2v) is 4.33. The summed E-state index contributed by atoms with van der Waals surface area (Å²) in [5.41, 5.74) is 0. The molecular weight excluding hydrogens is 180 g/mol. The van der Waals surface area contributed by atoms with Gasteiger partial charge < -0.3 is 15.3 Å². The third kappa shape index (κ3) is 2.96. The molecule has 2 aliphatic rings. The van der Waals surface area contributed by atoms with Crippen LogP contribution in [0.2, 0.25) is 0 Å². The van der Waals surface area contributed by atoms with Crippen LogP contribution >= 0.6 is 0 Å². The minimum absolute atomic E-state index is 0.161. The summed E-state index contributed by atoms with van der Waals surface area (Å²) in [5, 5.41) is 12.2. The van der Waals surface area contributed by atoms with Crippen LogP contribution in [0.5, 0.6) is 0 Å². The predicted molar refractivity (Wildman–Crippen MR) is 52.8 cm³/mol. The summed E-state index contributed by atoms with van der Waals surface area (Å²) in [7, 11) is 0. The molecule has 0 unspecified atom stereocenters. The molecule has 1 aliphatic carbocycles. The summed E-state index contributed by atoms with van der Waals surface area (Å²) in [4.78, 5) is 13.5. The van der Waals surface area contributed by atoms with Crippen molar-refractivity contribution >= 4 is 5.91 Å². The zero-order chi connectivity index (χ0) is 9.97. The molecule has 1 saturated heterocycles. The van der Waals surface area contributed by atoms with Crippen molar-refractivity contribution in [3.05, 3.63) is 0 Å². The molecule has 0 radical (unpaired) electrons. The molecular formula is C10H18N2O2. The summed E-state index contributed by atoms with van der Waals surface area (Å²) < 4.78 is 0. The van der Waals surface area contributed by atoms with Crippen molar-refractivity contribution in [2.45, 2.75) is 37.8 Å². The normalized spacial score (nSPS) is 27.9. The lowest BCUT2D eigenvalue weighted by Gasteiger charge is -2.14. The zero-order valence-electron chi connectivity index (χ0n) is 8.41. The number of carbonyl (C=O) groups is 1. The highest BCUT2D eigenvalue weighted by molar-refractivity contribution is 5.76. The van der Waals surface area contributed by atoms with E-state index in [9.17, 15) is 9.90 Å². The first-order valence-electron chi connectivity index (χ1n) is 5.44. The molecule has 0 aromatic heterocycles. The van der Waals surface area contributed by atoms with Crippen molar-refractivity contribution in [1.29, 1.82) is 0 Å². The highest BCUT2D eigenvalue weighted by Crippen LogP contribution is 2.18. The van der Waals surface area contributed by atoms with E-state index in [2.05, 4.69) is 10.2 Å². The fourth-order valence-electron chi connectivity index (χ4n) is 1.80. The van der Waals surface area contributed by atoms with Crippen LogP contribution in [0.1, 0.15) is 25.7 Å². The van der Waals surface area contributed by atoms with Crippen LogP contribution in [-0.2, 0) is 4.79 Å². The third-order valence-corrected chi connectivity index (χ3v) is 2.85. The number of nitrogens with zero attached hydrogens (tertiary/aromatic N) is 1. The van der Waals surface area contributed by atoms with Gasteiger partial charge in [-0.3, -0.25) is 4.79 Å². The molecule has 0 spiro atoms. The Kier molecular flexibility index (Phi) is 3.03. The smallest absolute Gasteiger partial charge is 0.221 e. The van der Waals surface area contributed by atoms with Gasteiger partial charge >= 0.3 is 0 Å². The molecule has 4 nitrogen and oxygen atoms in total. The van der Waals surface area contributed by atoms with Gasteiger partial charge in [-0.15, -0.1) is 0 Å². The number of aliphatic hydroxyl groups is 1. The molecule has 4 heteroatoms. The number of rotatable bonds is 4. The Bertz CT molecular complexity index is 216. The van der Waals surface area contributed by atoms with Crippen molar-refractivity contribution < 1.29 is 9.90 Å². The third-order valence-electron chi connectivity index (χ3n) is 2.85. The molecule has 2 N–H and O–H groups in total. The van der Waals surface area contributed by atoms with Crippen molar-refractivity contribution in [2.75, 3.05) is 19.6 Å². The minimum Gasteiger partial charge on any atom is -0.392 e. The molecule has 2 fully saturated rings. The summed E-state index contributed by atoms with van der Waals surface area (Å²) in [6.07, 6.45) is 3.54. The number of carbonyl (C=O) groups excluding carboxylic acids is 1. The van der Waals surface area contributed by atoms with Gasteiger partial charge in [0.25, 0.3) is 0 Å². The number of nitrogens with one attached hydrogen (secondary N) is 1. The van der Waals surface area contributed by atoms with E-state index < -0.39 is 0 Å². The van der Waals surface area contributed by atoms with E-state index in [1.807, 2.05) is 0 Å². The summed E-state index contributed by atoms with van der Waals surface area (Å²) in [6.45, 7) is 2.45. The first-order chi connectivity index (χ1) is 6.74. The molecule has 0 aromatic carbocycles. The van der Waals surface area contributed by atoms with E-state index in [1.54, 1.807) is 0 Å². The molecule has 14 heavy (non-hydrogen) atoms. The van der Waals surface area contributed by atoms with Crippen molar-refractivity contribution in [3.63, 3.8) is 0 Å². The second kappa shape index (κ2) is 4.28. The fourth-order valence-corrected chi connectivity index (χ4v) is 1.80. The van der Waals surface area contributed by atoms with Crippen LogP contribution in [0.25, 0.3) is 0 Å². The number of aliphatic hydroxyl groups excluding tert-OH is 1. The monoisotopic (exact) mass is 198 g/mol. The second-order valence-electron chi connectivity index (χ2n) is 4.33. The van der Waals surface area contributed by atoms with Crippen LogP contribution in [0, 0.1) is 0 Å². The van der Waals surface area contributed by atoms with Gasteiger partial charge in [0.05, 0.1) is 6.10 Å². The Morgan fingerprint density at radius 3 is 2.79 bits per heavy atom. The molecule has 1 amide bonds. The van der Waals surface area contributed by atoms with Gasteiger partial charge in [0.2, 0.25) is 5.91 Å². The highest BCUT2D eigenvalue weighted by atomic mass is 16.3. The first kappa shape index (κ1) is 9.93. The summed E-state index contributed by atoms with van der Waals surface area (Å²) in [5.74, 6) is 0.161. The average Bonchev–Trinajstić information content (AvgIpc) is 2.85. The lowest BCUT2D eigenvalue weighted by atomic mass is 10.3. The SMILES string of the molecule is O=C(CCN1CC[C@H](O)C1)NC1CC1. The lowest BCUT2D eigenvalue weighted by Crippen LogP contribution is -2.31. The van der Waals surface area contributed by atoms with Crippen LogP contribution in [0.4, 0.5) is 0 Å². The van der Waals surface area contributed by atoms with Gasteiger partial charge in [0, 0.05) is 32.1 Å². The Morgan fingerprint density at radius 2 is 2.21 bits per heavy atom. The average molecular weight is 198 g/mol. The van der Waals surface area contributed by atoms with E-state index in [4.69, 9.17) is 0 Å².